The van der Waals surface area contributed by atoms with Gasteiger partial charge in [0.15, 0.2) is 6.29 Å². The van der Waals surface area contributed by atoms with Crippen LogP contribution in [0.4, 0.5) is 0 Å². The minimum atomic E-state index is -0.544. The second-order valence-corrected chi connectivity index (χ2v) is 1.94. The smallest absolute Gasteiger partial charge is 0.155 e. The largest absolute Gasteiger partial charge is 0.368 e. The topological polar surface area (TPSA) is 29.5 Å². The van der Waals surface area contributed by atoms with Gasteiger partial charge in [-0.25, -0.2) is 0 Å². The Morgan fingerprint density at radius 3 is 2.30 bits per heavy atom. The van der Waals surface area contributed by atoms with E-state index in [4.69, 9.17) is 9.84 Å². The molecule has 0 saturated carbocycles. The van der Waals surface area contributed by atoms with Gasteiger partial charge in [0.05, 0.1) is 6.10 Å². The normalized spacial score (nSPS) is 30.7. The molecule has 0 spiro atoms. The molecule has 1 rings (SSSR count). The summed E-state index contributed by atoms with van der Waals surface area (Å²) in [6.45, 7) is 7.54. The van der Waals surface area contributed by atoms with Gasteiger partial charge in [0, 0.05) is 6.42 Å². The zero-order valence-corrected chi connectivity index (χ0v) is 6.71. The molecule has 1 unspecified atom stereocenters. The van der Waals surface area contributed by atoms with E-state index in [1.54, 1.807) is 6.08 Å². The summed E-state index contributed by atoms with van der Waals surface area (Å²) in [5.41, 5.74) is 0. The fourth-order valence-corrected chi connectivity index (χ4v) is 0.818. The van der Waals surface area contributed by atoms with Crippen LogP contribution in [-0.4, -0.2) is 17.5 Å². The van der Waals surface area contributed by atoms with Crippen molar-refractivity contribution in [3.05, 3.63) is 12.7 Å². The Hall–Kier alpha value is -0.340. The number of rotatable bonds is 1. The highest BCUT2D eigenvalue weighted by Crippen LogP contribution is 2.17. The Morgan fingerprint density at radius 1 is 1.50 bits per heavy atom. The van der Waals surface area contributed by atoms with Gasteiger partial charge in [0.25, 0.3) is 0 Å². The van der Waals surface area contributed by atoms with Gasteiger partial charge in [-0.1, -0.05) is 19.9 Å². The molecule has 2 atom stereocenters. The number of hydrogen-bond donors (Lipinski definition) is 1. The van der Waals surface area contributed by atoms with E-state index >= 15 is 0 Å². The maximum Gasteiger partial charge on any atom is 0.155 e. The van der Waals surface area contributed by atoms with E-state index in [1.165, 1.54) is 0 Å². The van der Waals surface area contributed by atoms with Crippen molar-refractivity contribution < 1.29 is 9.84 Å². The monoisotopic (exact) mass is 144 g/mol. The average molecular weight is 144 g/mol. The van der Waals surface area contributed by atoms with Gasteiger partial charge in [0.2, 0.25) is 0 Å². The van der Waals surface area contributed by atoms with Crippen molar-refractivity contribution >= 4 is 0 Å². The molecular formula is C8H16O2. The van der Waals surface area contributed by atoms with Crippen LogP contribution in [0.2, 0.25) is 0 Å². The van der Waals surface area contributed by atoms with Gasteiger partial charge in [-0.05, 0) is 6.42 Å². The Balaban J connectivity index is 0.000000371. The molecule has 1 N–H and O–H groups in total. The summed E-state index contributed by atoms with van der Waals surface area (Å²) in [4.78, 5) is 0. The van der Waals surface area contributed by atoms with Crippen molar-refractivity contribution in [2.24, 2.45) is 0 Å². The zero-order valence-electron chi connectivity index (χ0n) is 6.71. The fraction of sp³-hybridized carbons (Fsp3) is 0.750. The van der Waals surface area contributed by atoms with E-state index < -0.39 is 6.29 Å². The summed E-state index contributed by atoms with van der Waals surface area (Å²) in [7, 11) is 0. The summed E-state index contributed by atoms with van der Waals surface area (Å²) in [5.74, 6) is 0. The first-order valence-electron chi connectivity index (χ1n) is 3.79. The van der Waals surface area contributed by atoms with Crippen molar-refractivity contribution in [1.82, 2.24) is 0 Å². The first-order valence-corrected chi connectivity index (χ1v) is 3.79. The van der Waals surface area contributed by atoms with Crippen LogP contribution in [0.25, 0.3) is 0 Å². The molecule has 1 saturated heterocycles. The van der Waals surface area contributed by atoms with Gasteiger partial charge < -0.3 is 9.84 Å². The molecule has 0 radical (unpaired) electrons. The number of aliphatic hydroxyl groups is 1. The third-order valence-electron chi connectivity index (χ3n) is 1.29. The molecule has 1 fully saturated rings. The van der Waals surface area contributed by atoms with Crippen LogP contribution in [0.15, 0.2) is 12.7 Å². The minimum absolute atomic E-state index is 0.0880. The summed E-state index contributed by atoms with van der Waals surface area (Å²) >= 11 is 0. The highest BCUT2D eigenvalue weighted by atomic mass is 16.6. The molecule has 0 aromatic carbocycles. The lowest BCUT2D eigenvalue weighted by molar-refractivity contribution is -0.0777. The molecule has 1 aliphatic rings. The molecule has 1 heterocycles. The molecule has 10 heavy (non-hydrogen) atoms. The van der Waals surface area contributed by atoms with Crippen LogP contribution in [0.5, 0.6) is 0 Å². The summed E-state index contributed by atoms with van der Waals surface area (Å²) < 4.78 is 4.95. The van der Waals surface area contributed by atoms with Gasteiger partial charge >= 0.3 is 0 Å². The van der Waals surface area contributed by atoms with Crippen molar-refractivity contribution in [2.45, 2.75) is 39.1 Å². The summed E-state index contributed by atoms with van der Waals surface area (Å²) in [6.07, 6.45) is 2.92. The zero-order chi connectivity index (χ0) is 7.98. The Bertz CT molecular complexity index is 91.3. The van der Waals surface area contributed by atoms with Crippen LogP contribution < -0.4 is 0 Å². The van der Waals surface area contributed by atoms with Crippen LogP contribution in [0.1, 0.15) is 26.7 Å². The van der Waals surface area contributed by atoms with E-state index in [0.717, 1.165) is 12.8 Å². The quantitative estimate of drug-likeness (QED) is 0.567. The molecule has 2 nitrogen and oxygen atoms in total. The summed E-state index contributed by atoms with van der Waals surface area (Å²) in [6, 6.07) is 0. The van der Waals surface area contributed by atoms with E-state index in [9.17, 15) is 0 Å². The number of aliphatic hydroxyl groups excluding tert-OH is 1. The molecule has 60 valence electrons. The molecular weight excluding hydrogens is 128 g/mol. The second-order valence-electron chi connectivity index (χ2n) is 1.94. The van der Waals surface area contributed by atoms with E-state index in [1.807, 2.05) is 13.8 Å². The van der Waals surface area contributed by atoms with Gasteiger partial charge in [-0.2, -0.15) is 0 Å². The lowest BCUT2D eigenvalue weighted by atomic mass is 10.2. The van der Waals surface area contributed by atoms with Crippen LogP contribution in [0, 0.1) is 0 Å². The third-order valence-corrected chi connectivity index (χ3v) is 1.29. The van der Waals surface area contributed by atoms with Crippen molar-refractivity contribution in [3.8, 4) is 0 Å². The first kappa shape index (κ1) is 9.66. The van der Waals surface area contributed by atoms with Crippen LogP contribution >= 0.6 is 0 Å². The second kappa shape index (κ2) is 5.45. The molecule has 0 aliphatic carbocycles. The van der Waals surface area contributed by atoms with Crippen molar-refractivity contribution in [1.29, 1.82) is 0 Å². The predicted octanol–water partition coefficient (Wildman–Crippen LogP) is 1.70. The number of ether oxygens (including phenoxy) is 1. The molecule has 0 aromatic heterocycles. The van der Waals surface area contributed by atoms with Crippen molar-refractivity contribution in [3.63, 3.8) is 0 Å². The third kappa shape index (κ3) is 2.99. The van der Waals surface area contributed by atoms with Crippen LogP contribution in [-0.2, 0) is 4.74 Å². The van der Waals surface area contributed by atoms with E-state index in [2.05, 4.69) is 6.58 Å². The molecule has 2 heteroatoms. The fourth-order valence-electron chi connectivity index (χ4n) is 0.818. The Labute approximate surface area is 62.5 Å². The minimum Gasteiger partial charge on any atom is -0.368 e. The molecule has 0 aromatic rings. The van der Waals surface area contributed by atoms with Gasteiger partial charge in [-0.15, -0.1) is 6.58 Å². The SMILES string of the molecule is C=CC1CC[C@@H](O)O1.CC. The molecule has 1 aliphatic heterocycles. The standard InChI is InChI=1S/C6H10O2.C2H6/c1-2-5-3-4-6(7)8-5;1-2/h2,5-7H,1,3-4H2;1-2H3/t5?,6-;/m0./s1. The maximum atomic E-state index is 8.76. The van der Waals surface area contributed by atoms with E-state index in [0.29, 0.717) is 0 Å². The lowest BCUT2D eigenvalue weighted by Gasteiger charge is -2.01. The highest BCUT2D eigenvalue weighted by Gasteiger charge is 2.19. The van der Waals surface area contributed by atoms with Gasteiger partial charge in [0.1, 0.15) is 0 Å². The Morgan fingerprint density at radius 2 is 2.10 bits per heavy atom. The van der Waals surface area contributed by atoms with Gasteiger partial charge in [-0.3, -0.25) is 0 Å². The Kier molecular flexibility index (Phi) is 5.26. The van der Waals surface area contributed by atoms with Crippen LogP contribution in [0.3, 0.4) is 0 Å². The summed E-state index contributed by atoms with van der Waals surface area (Å²) in [5, 5.41) is 8.76. The molecule has 0 bridgehead atoms. The van der Waals surface area contributed by atoms with Crippen molar-refractivity contribution in [2.75, 3.05) is 0 Å². The lowest BCUT2D eigenvalue weighted by Crippen LogP contribution is -2.06. The predicted molar refractivity (Wildman–Crippen MR) is 41.7 cm³/mol. The first-order chi connectivity index (χ1) is 4.83. The average Bonchev–Trinajstić information content (AvgIpc) is 2.40. The molecule has 0 amide bonds. The van der Waals surface area contributed by atoms with E-state index in [-0.39, 0.29) is 6.10 Å². The highest BCUT2D eigenvalue weighted by molar-refractivity contribution is 4.83. The maximum absolute atomic E-state index is 8.76. The number of hydrogen-bond acceptors (Lipinski definition) is 2.